The number of para-hydroxylation sites is 2. The molecule has 1 heterocycles. The molecule has 0 bridgehead atoms. The number of rotatable bonds is 5. The summed E-state index contributed by atoms with van der Waals surface area (Å²) in [5.74, 6) is -1.13. The van der Waals surface area contributed by atoms with Crippen molar-refractivity contribution in [2.75, 3.05) is 37.8 Å². The number of carboxylic acid groups (broad SMARTS) is 1. The number of benzene rings is 2. The number of halogens is 1. The Balaban J connectivity index is 1.55. The van der Waals surface area contributed by atoms with Crippen molar-refractivity contribution < 1.29 is 23.9 Å². The lowest BCUT2D eigenvalue weighted by molar-refractivity contribution is -0.916. The van der Waals surface area contributed by atoms with Crippen LogP contribution in [0, 0.1) is 5.82 Å². The molecule has 0 saturated carbocycles. The molecule has 2 aromatic carbocycles. The standard InChI is InChI=1S/C18H19FN2O3/c19-15-6-2-3-7-16(15)21-11-9-20(10-12-21)13-24-17-8-4-1-5-14(17)18(22)23/h1-8H,9-13H2,(H,22,23). The molecule has 0 aliphatic carbocycles. The summed E-state index contributed by atoms with van der Waals surface area (Å²) in [6, 6.07) is 13.2. The highest BCUT2D eigenvalue weighted by atomic mass is 19.1. The van der Waals surface area contributed by atoms with E-state index in [1.807, 2.05) is 11.0 Å². The highest BCUT2D eigenvalue weighted by Gasteiger charge is 2.22. The quantitative estimate of drug-likeness (QED) is 0.834. The van der Waals surface area contributed by atoms with Crippen molar-refractivity contribution in [3.05, 3.63) is 59.9 Å². The van der Waals surface area contributed by atoms with Crippen LogP contribution in [-0.4, -0.2) is 38.9 Å². The van der Waals surface area contributed by atoms with Crippen LogP contribution in [0.15, 0.2) is 48.5 Å². The van der Waals surface area contributed by atoms with Gasteiger partial charge in [-0.05, 0) is 24.3 Å². The molecule has 0 spiro atoms. The van der Waals surface area contributed by atoms with Crippen LogP contribution < -0.4 is 19.6 Å². The van der Waals surface area contributed by atoms with Crippen LogP contribution >= 0.6 is 0 Å². The lowest BCUT2D eigenvalue weighted by Crippen LogP contribution is -3.15. The van der Waals surface area contributed by atoms with Crippen molar-refractivity contribution in [1.29, 1.82) is 0 Å². The minimum atomic E-state index is -1.25. The number of nitrogens with one attached hydrogen (secondary N) is 1. The van der Waals surface area contributed by atoms with E-state index in [9.17, 15) is 14.3 Å². The molecule has 0 atom stereocenters. The van der Waals surface area contributed by atoms with E-state index in [0.29, 0.717) is 18.2 Å². The Morgan fingerprint density at radius 2 is 1.79 bits per heavy atom. The minimum Gasteiger partial charge on any atom is -0.545 e. The van der Waals surface area contributed by atoms with Gasteiger partial charge in [0.25, 0.3) is 0 Å². The minimum absolute atomic E-state index is 0.0573. The predicted molar refractivity (Wildman–Crippen MR) is 85.6 cm³/mol. The van der Waals surface area contributed by atoms with Crippen LogP contribution in [0.25, 0.3) is 0 Å². The maximum atomic E-state index is 13.8. The van der Waals surface area contributed by atoms with Gasteiger partial charge < -0.3 is 19.5 Å². The fraction of sp³-hybridized carbons (Fsp3) is 0.278. The zero-order chi connectivity index (χ0) is 16.9. The van der Waals surface area contributed by atoms with Gasteiger partial charge in [-0.3, -0.25) is 4.90 Å². The molecule has 1 aliphatic heterocycles. The molecular weight excluding hydrogens is 311 g/mol. The van der Waals surface area contributed by atoms with Gasteiger partial charge in [0, 0.05) is 5.56 Å². The topological polar surface area (TPSA) is 57.0 Å². The summed E-state index contributed by atoms with van der Waals surface area (Å²) in [6.07, 6.45) is 0. The molecular formula is C18H19FN2O3. The van der Waals surface area contributed by atoms with Gasteiger partial charge in [-0.25, -0.2) is 4.39 Å². The number of piperazine rings is 1. The van der Waals surface area contributed by atoms with E-state index in [4.69, 9.17) is 4.74 Å². The number of hydrogen-bond acceptors (Lipinski definition) is 4. The van der Waals surface area contributed by atoms with E-state index in [2.05, 4.69) is 0 Å². The number of carbonyl (C=O) groups excluding carboxylic acids is 1. The summed E-state index contributed by atoms with van der Waals surface area (Å²) in [5.41, 5.74) is 0.682. The average molecular weight is 330 g/mol. The van der Waals surface area contributed by atoms with Crippen molar-refractivity contribution in [1.82, 2.24) is 0 Å². The fourth-order valence-electron chi connectivity index (χ4n) is 2.86. The Morgan fingerprint density at radius 3 is 2.50 bits per heavy atom. The second-order valence-electron chi connectivity index (χ2n) is 5.76. The van der Waals surface area contributed by atoms with Gasteiger partial charge in [0.05, 0.1) is 37.8 Å². The number of carboxylic acids is 1. The first-order valence-electron chi connectivity index (χ1n) is 7.91. The second kappa shape index (κ2) is 7.31. The molecule has 0 aromatic heterocycles. The molecule has 0 radical (unpaired) electrons. The van der Waals surface area contributed by atoms with Crippen molar-refractivity contribution in [2.24, 2.45) is 0 Å². The van der Waals surface area contributed by atoms with E-state index in [0.717, 1.165) is 26.2 Å². The molecule has 5 nitrogen and oxygen atoms in total. The zero-order valence-corrected chi connectivity index (χ0v) is 13.2. The van der Waals surface area contributed by atoms with Crippen LogP contribution in [0.5, 0.6) is 5.75 Å². The number of hydrogen-bond donors (Lipinski definition) is 1. The third-order valence-corrected chi connectivity index (χ3v) is 4.20. The Morgan fingerprint density at radius 1 is 1.12 bits per heavy atom. The number of carbonyl (C=O) groups is 1. The Bertz CT molecular complexity index is 715. The van der Waals surface area contributed by atoms with Crippen LogP contribution in [0.3, 0.4) is 0 Å². The van der Waals surface area contributed by atoms with Gasteiger partial charge in [0.1, 0.15) is 11.6 Å². The van der Waals surface area contributed by atoms with E-state index < -0.39 is 5.97 Å². The Kier molecular flexibility index (Phi) is 4.96. The third-order valence-electron chi connectivity index (χ3n) is 4.20. The third kappa shape index (κ3) is 3.65. The number of ether oxygens (including phenoxy) is 1. The van der Waals surface area contributed by atoms with E-state index in [-0.39, 0.29) is 11.4 Å². The monoisotopic (exact) mass is 330 g/mol. The van der Waals surface area contributed by atoms with E-state index >= 15 is 0 Å². The Labute approximate surface area is 139 Å². The molecule has 1 N–H and O–H groups in total. The van der Waals surface area contributed by atoms with Gasteiger partial charge in [-0.1, -0.05) is 24.3 Å². The first-order valence-corrected chi connectivity index (χ1v) is 7.91. The molecule has 1 fully saturated rings. The summed E-state index contributed by atoms with van der Waals surface area (Å²) < 4.78 is 19.5. The van der Waals surface area contributed by atoms with Gasteiger partial charge in [0.15, 0.2) is 0 Å². The Hall–Kier alpha value is -2.60. The normalized spacial score (nSPS) is 15.3. The molecule has 0 unspecified atom stereocenters. The molecule has 6 heteroatoms. The largest absolute Gasteiger partial charge is 0.545 e. The SMILES string of the molecule is O=C([O-])c1ccccc1OC[NH+]1CCN(c2ccccc2F)CC1. The summed E-state index contributed by atoms with van der Waals surface area (Å²) in [4.78, 5) is 14.3. The van der Waals surface area contributed by atoms with Crippen molar-refractivity contribution in [2.45, 2.75) is 0 Å². The summed E-state index contributed by atoms with van der Waals surface area (Å²) in [5, 5.41) is 11.1. The van der Waals surface area contributed by atoms with E-state index in [1.165, 1.54) is 17.0 Å². The number of quaternary nitrogens is 1. The van der Waals surface area contributed by atoms with Gasteiger partial charge in [-0.2, -0.15) is 0 Å². The molecule has 2 aromatic rings. The van der Waals surface area contributed by atoms with Crippen molar-refractivity contribution >= 4 is 11.7 Å². The molecule has 126 valence electrons. The molecule has 24 heavy (non-hydrogen) atoms. The lowest BCUT2D eigenvalue weighted by Gasteiger charge is -2.33. The maximum Gasteiger partial charge on any atom is 0.222 e. The summed E-state index contributed by atoms with van der Waals surface area (Å²) in [6.45, 7) is 3.41. The molecule has 3 rings (SSSR count). The molecule has 1 saturated heterocycles. The second-order valence-corrected chi connectivity index (χ2v) is 5.76. The molecule has 1 aliphatic rings. The summed E-state index contributed by atoms with van der Waals surface area (Å²) >= 11 is 0. The van der Waals surface area contributed by atoms with E-state index in [1.54, 1.807) is 30.3 Å². The molecule has 0 amide bonds. The number of nitrogens with zero attached hydrogens (tertiary/aromatic N) is 1. The van der Waals surface area contributed by atoms with Crippen LogP contribution in [0.1, 0.15) is 10.4 Å². The highest BCUT2D eigenvalue weighted by Crippen LogP contribution is 2.18. The summed E-state index contributed by atoms with van der Waals surface area (Å²) in [7, 11) is 0. The first kappa shape index (κ1) is 16.3. The first-order chi connectivity index (χ1) is 11.6. The van der Waals surface area contributed by atoms with Crippen LogP contribution in [0.4, 0.5) is 10.1 Å². The highest BCUT2D eigenvalue weighted by molar-refractivity contribution is 5.89. The number of anilines is 1. The maximum absolute atomic E-state index is 13.8. The number of aromatic carboxylic acids is 1. The van der Waals surface area contributed by atoms with Gasteiger partial charge in [-0.15, -0.1) is 0 Å². The lowest BCUT2D eigenvalue weighted by atomic mass is 10.2. The van der Waals surface area contributed by atoms with Crippen LogP contribution in [-0.2, 0) is 0 Å². The van der Waals surface area contributed by atoms with Crippen molar-refractivity contribution in [3.8, 4) is 5.75 Å². The zero-order valence-electron chi connectivity index (χ0n) is 13.2. The fourth-order valence-corrected chi connectivity index (χ4v) is 2.86. The van der Waals surface area contributed by atoms with Crippen LogP contribution in [0.2, 0.25) is 0 Å². The predicted octanol–water partition coefficient (Wildman–Crippen LogP) is -0.0694. The van der Waals surface area contributed by atoms with Gasteiger partial charge >= 0.3 is 0 Å². The smallest absolute Gasteiger partial charge is 0.222 e. The average Bonchev–Trinajstić information content (AvgIpc) is 2.61. The van der Waals surface area contributed by atoms with Gasteiger partial charge in [0.2, 0.25) is 6.73 Å². The van der Waals surface area contributed by atoms with Crippen molar-refractivity contribution in [3.63, 3.8) is 0 Å².